The second-order valence-corrected chi connectivity index (χ2v) is 5.99. The zero-order valence-electron chi connectivity index (χ0n) is 8.86. The highest BCUT2D eigenvalue weighted by Gasteiger charge is 2.37. The van der Waals surface area contributed by atoms with Crippen LogP contribution in [0.15, 0.2) is 0 Å². The first-order chi connectivity index (χ1) is 7.78. The predicted molar refractivity (Wildman–Crippen MR) is 65.6 cm³/mol. The van der Waals surface area contributed by atoms with E-state index in [0.29, 0.717) is 10.0 Å². The number of aromatic nitrogens is 1. The molecule has 2 heterocycles. The van der Waals surface area contributed by atoms with Crippen LogP contribution in [0.1, 0.15) is 28.9 Å². The van der Waals surface area contributed by atoms with E-state index in [0.717, 1.165) is 36.3 Å². The lowest BCUT2D eigenvalue weighted by molar-refractivity contribution is 0.112. The topological polar surface area (TPSA) is 33.2 Å². The van der Waals surface area contributed by atoms with E-state index in [1.807, 2.05) is 0 Å². The number of carbonyl (C=O) groups excluding carboxylic acids is 1. The highest BCUT2D eigenvalue weighted by molar-refractivity contribution is 7.17. The van der Waals surface area contributed by atoms with Gasteiger partial charge in [0, 0.05) is 13.1 Å². The fourth-order valence-corrected chi connectivity index (χ4v) is 3.98. The van der Waals surface area contributed by atoms with Crippen LogP contribution < -0.4 is 4.90 Å². The number of hydrogen-bond acceptors (Lipinski definition) is 4. The van der Waals surface area contributed by atoms with Gasteiger partial charge in [0.25, 0.3) is 0 Å². The van der Waals surface area contributed by atoms with E-state index in [4.69, 9.17) is 11.6 Å². The minimum atomic E-state index is 0.354. The molecular weight excluding hydrogens is 244 g/mol. The summed E-state index contributed by atoms with van der Waals surface area (Å²) in [6.07, 6.45) is 4.86. The summed E-state index contributed by atoms with van der Waals surface area (Å²) in [6.45, 7) is 2.18. The highest BCUT2D eigenvalue weighted by Crippen LogP contribution is 2.41. The summed E-state index contributed by atoms with van der Waals surface area (Å²) >= 11 is 7.30. The van der Waals surface area contributed by atoms with Crippen molar-refractivity contribution in [2.45, 2.75) is 19.3 Å². The highest BCUT2D eigenvalue weighted by atomic mass is 35.5. The Labute approximate surface area is 103 Å². The molecule has 2 atom stereocenters. The summed E-state index contributed by atoms with van der Waals surface area (Å²) in [5.41, 5.74) is 0. The third-order valence-corrected chi connectivity index (χ3v) is 5.14. The van der Waals surface area contributed by atoms with E-state index in [1.54, 1.807) is 0 Å². The van der Waals surface area contributed by atoms with E-state index in [-0.39, 0.29) is 0 Å². The van der Waals surface area contributed by atoms with Crippen LogP contribution in [-0.2, 0) is 0 Å². The fraction of sp³-hybridized carbons (Fsp3) is 0.636. The minimum absolute atomic E-state index is 0.354. The Morgan fingerprint density at radius 3 is 2.62 bits per heavy atom. The average molecular weight is 257 g/mol. The molecule has 1 aromatic rings. The molecule has 0 radical (unpaired) electrons. The van der Waals surface area contributed by atoms with E-state index >= 15 is 0 Å². The zero-order valence-corrected chi connectivity index (χ0v) is 10.4. The maximum Gasteiger partial charge on any atom is 0.187 e. The molecule has 0 bridgehead atoms. The third-order valence-electron chi connectivity index (χ3n) is 3.70. The first-order valence-electron chi connectivity index (χ1n) is 5.64. The van der Waals surface area contributed by atoms with E-state index in [9.17, 15) is 4.79 Å². The van der Waals surface area contributed by atoms with Crippen molar-refractivity contribution >= 4 is 34.4 Å². The zero-order chi connectivity index (χ0) is 11.1. The van der Waals surface area contributed by atoms with Gasteiger partial charge in [-0.2, -0.15) is 0 Å². The van der Waals surface area contributed by atoms with Gasteiger partial charge in [0.1, 0.15) is 4.88 Å². The summed E-state index contributed by atoms with van der Waals surface area (Å²) < 4.78 is 0. The fourth-order valence-electron chi connectivity index (χ4n) is 2.90. The molecule has 1 saturated carbocycles. The molecule has 1 aliphatic heterocycles. The first kappa shape index (κ1) is 10.5. The Bertz CT molecular complexity index is 408. The van der Waals surface area contributed by atoms with Crippen molar-refractivity contribution in [3.8, 4) is 0 Å². The number of fused-ring (bicyclic) bond motifs is 1. The third kappa shape index (κ3) is 1.64. The second-order valence-electron chi connectivity index (χ2n) is 4.63. The van der Waals surface area contributed by atoms with E-state index < -0.39 is 0 Å². The smallest absolute Gasteiger partial charge is 0.187 e. The van der Waals surface area contributed by atoms with Gasteiger partial charge in [-0.3, -0.25) is 4.79 Å². The Hall–Kier alpha value is -0.610. The van der Waals surface area contributed by atoms with Gasteiger partial charge in [-0.25, -0.2) is 4.98 Å². The SMILES string of the molecule is O=Cc1sc(N2CC3CCCC3C2)nc1Cl. The molecule has 3 rings (SSSR count). The first-order valence-corrected chi connectivity index (χ1v) is 6.84. The van der Waals surface area contributed by atoms with Crippen molar-refractivity contribution in [3.63, 3.8) is 0 Å². The molecule has 2 unspecified atom stereocenters. The van der Waals surface area contributed by atoms with Crippen LogP contribution in [-0.4, -0.2) is 24.4 Å². The molecule has 0 spiro atoms. The van der Waals surface area contributed by atoms with Crippen molar-refractivity contribution in [1.82, 2.24) is 4.98 Å². The number of carbonyl (C=O) groups is 1. The van der Waals surface area contributed by atoms with Crippen LogP contribution in [0.3, 0.4) is 0 Å². The summed E-state index contributed by atoms with van der Waals surface area (Å²) in [4.78, 5) is 17.8. The van der Waals surface area contributed by atoms with Gasteiger partial charge >= 0.3 is 0 Å². The molecule has 5 heteroatoms. The Morgan fingerprint density at radius 1 is 1.38 bits per heavy atom. The summed E-state index contributed by atoms with van der Waals surface area (Å²) in [5.74, 6) is 1.67. The molecular formula is C11H13ClN2OS. The van der Waals surface area contributed by atoms with E-state index in [2.05, 4.69) is 9.88 Å². The standard InChI is InChI=1S/C11H13ClN2OS/c12-10-9(6-15)16-11(13-10)14-4-7-2-1-3-8(7)5-14/h6-8H,1-5H2. The van der Waals surface area contributed by atoms with Crippen LogP contribution in [0, 0.1) is 11.8 Å². The average Bonchev–Trinajstić information content (AvgIpc) is 2.88. The maximum atomic E-state index is 10.7. The predicted octanol–water partition coefficient (Wildman–Crippen LogP) is 2.85. The molecule has 0 aromatic carbocycles. The van der Waals surface area contributed by atoms with Gasteiger partial charge in [-0.15, -0.1) is 0 Å². The van der Waals surface area contributed by atoms with E-state index in [1.165, 1.54) is 30.6 Å². The van der Waals surface area contributed by atoms with Gasteiger partial charge in [0.15, 0.2) is 16.6 Å². The molecule has 16 heavy (non-hydrogen) atoms. The molecule has 1 aromatic heterocycles. The van der Waals surface area contributed by atoms with Gasteiger partial charge in [0.05, 0.1) is 0 Å². The van der Waals surface area contributed by atoms with Crippen molar-refractivity contribution in [2.75, 3.05) is 18.0 Å². The van der Waals surface area contributed by atoms with Gasteiger partial charge < -0.3 is 4.90 Å². The van der Waals surface area contributed by atoms with Crippen molar-refractivity contribution < 1.29 is 4.79 Å². The maximum absolute atomic E-state index is 10.7. The van der Waals surface area contributed by atoms with Crippen LogP contribution in [0.2, 0.25) is 5.15 Å². The quantitative estimate of drug-likeness (QED) is 0.763. The molecule has 2 fully saturated rings. The molecule has 0 N–H and O–H groups in total. The van der Waals surface area contributed by atoms with Crippen molar-refractivity contribution in [1.29, 1.82) is 0 Å². The van der Waals surface area contributed by atoms with Crippen molar-refractivity contribution in [3.05, 3.63) is 10.0 Å². The molecule has 0 amide bonds. The number of aldehydes is 1. The Kier molecular flexibility index (Phi) is 2.64. The molecule has 86 valence electrons. The number of hydrogen-bond donors (Lipinski definition) is 0. The molecule has 3 nitrogen and oxygen atoms in total. The monoisotopic (exact) mass is 256 g/mol. The lowest BCUT2D eigenvalue weighted by Crippen LogP contribution is -2.20. The minimum Gasteiger partial charge on any atom is -0.347 e. The number of thiazole rings is 1. The lowest BCUT2D eigenvalue weighted by Gasteiger charge is -2.14. The summed E-state index contributed by atoms with van der Waals surface area (Å²) in [7, 11) is 0. The normalized spacial score (nSPS) is 28.4. The van der Waals surface area contributed by atoms with Crippen LogP contribution in [0.4, 0.5) is 5.13 Å². The van der Waals surface area contributed by atoms with Gasteiger partial charge in [-0.1, -0.05) is 29.4 Å². The number of anilines is 1. The second kappa shape index (κ2) is 4.00. The van der Waals surface area contributed by atoms with Gasteiger partial charge in [0.2, 0.25) is 0 Å². The number of nitrogens with zero attached hydrogens (tertiary/aromatic N) is 2. The Balaban J connectivity index is 1.80. The molecule has 1 saturated heterocycles. The Morgan fingerprint density at radius 2 is 2.06 bits per heavy atom. The van der Waals surface area contributed by atoms with Crippen LogP contribution >= 0.6 is 22.9 Å². The molecule has 1 aliphatic carbocycles. The van der Waals surface area contributed by atoms with Crippen LogP contribution in [0.5, 0.6) is 0 Å². The summed E-state index contributed by atoms with van der Waals surface area (Å²) in [5, 5.41) is 1.27. The largest absolute Gasteiger partial charge is 0.347 e. The van der Waals surface area contributed by atoms with Crippen LogP contribution in [0.25, 0.3) is 0 Å². The number of rotatable bonds is 2. The van der Waals surface area contributed by atoms with Crippen molar-refractivity contribution in [2.24, 2.45) is 11.8 Å². The lowest BCUT2D eigenvalue weighted by atomic mass is 10.0. The molecule has 2 aliphatic rings. The summed E-state index contributed by atoms with van der Waals surface area (Å²) in [6, 6.07) is 0. The number of halogens is 1. The van der Waals surface area contributed by atoms with Gasteiger partial charge in [-0.05, 0) is 24.7 Å².